The van der Waals surface area contributed by atoms with Crippen molar-refractivity contribution in [3.63, 3.8) is 0 Å². The van der Waals surface area contributed by atoms with Crippen molar-refractivity contribution in [1.82, 2.24) is 0 Å². The van der Waals surface area contributed by atoms with Gasteiger partial charge in [-0.05, 0) is 54.2 Å². The third kappa shape index (κ3) is 2.54. The van der Waals surface area contributed by atoms with Crippen LogP contribution in [0, 0.1) is 0 Å². The van der Waals surface area contributed by atoms with Crippen LogP contribution in [-0.2, 0) is 18.6 Å². The van der Waals surface area contributed by atoms with Crippen LogP contribution in [0.2, 0.25) is 0 Å². The number of aryl methyl sites for hydroxylation is 2. The van der Waals surface area contributed by atoms with Gasteiger partial charge in [-0.3, -0.25) is 0 Å². The van der Waals surface area contributed by atoms with E-state index in [1.54, 1.807) is 17.8 Å². The predicted molar refractivity (Wildman–Crippen MR) is 76.1 cm³/mol. The number of thioether (sulfide) groups is 1. The molecule has 0 fully saturated rings. The molecule has 0 atom stereocenters. The third-order valence-electron chi connectivity index (χ3n) is 3.39. The molecule has 0 unspecified atom stereocenters. The Morgan fingerprint density at radius 3 is 2.78 bits per heavy atom. The molecule has 1 N–H and O–H groups in total. The van der Waals surface area contributed by atoms with Crippen LogP contribution in [0.1, 0.15) is 23.1 Å². The van der Waals surface area contributed by atoms with Gasteiger partial charge in [0.25, 0.3) is 0 Å². The van der Waals surface area contributed by atoms with Gasteiger partial charge < -0.3 is 5.11 Å². The number of phenols is 1. The Kier molecular flexibility index (Phi) is 3.28. The summed E-state index contributed by atoms with van der Waals surface area (Å²) in [5.74, 6) is 1.31. The number of hydrogen-bond acceptors (Lipinski definition) is 2. The quantitative estimate of drug-likeness (QED) is 0.832. The summed E-state index contributed by atoms with van der Waals surface area (Å²) in [6.45, 7) is 0. The molecule has 0 aliphatic heterocycles. The summed E-state index contributed by atoms with van der Waals surface area (Å²) >= 11 is 1.77. The molecule has 0 spiro atoms. The van der Waals surface area contributed by atoms with E-state index in [4.69, 9.17) is 0 Å². The number of aromatic hydroxyl groups is 1. The van der Waals surface area contributed by atoms with Gasteiger partial charge in [-0.15, -0.1) is 11.8 Å². The Balaban J connectivity index is 1.70. The SMILES string of the molecule is Oc1cccc(SCc2ccc3c(c2)CCC3)c1. The number of rotatable bonds is 3. The Labute approximate surface area is 112 Å². The fraction of sp³-hybridized carbons (Fsp3) is 0.250. The molecular formula is C16H16OS. The van der Waals surface area contributed by atoms with Crippen LogP contribution in [0.5, 0.6) is 5.75 Å². The van der Waals surface area contributed by atoms with Crippen molar-refractivity contribution in [1.29, 1.82) is 0 Å². The summed E-state index contributed by atoms with van der Waals surface area (Å²) in [5.41, 5.74) is 4.44. The molecule has 3 rings (SSSR count). The largest absolute Gasteiger partial charge is 0.508 e. The van der Waals surface area contributed by atoms with Gasteiger partial charge in [0.1, 0.15) is 5.75 Å². The topological polar surface area (TPSA) is 20.2 Å². The first-order valence-electron chi connectivity index (χ1n) is 6.34. The lowest BCUT2D eigenvalue weighted by molar-refractivity contribution is 0.474. The fourth-order valence-corrected chi connectivity index (χ4v) is 3.35. The molecule has 1 aliphatic rings. The zero-order valence-electron chi connectivity index (χ0n) is 10.2. The van der Waals surface area contributed by atoms with Gasteiger partial charge in [0.2, 0.25) is 0 Å². The summed E-state index contributed by atoms with van der Waals surface area (Å²) < 4.78 is 0. The Bertz CT molecular complexity index is 563. The van der Waals surface area contributed by atoms with Crippen LogP contribution in [0.15, 0.2) is 47.4 Å². The second kappa shape index (κ2) is 5.07. The molecular weight excluding hydrogens is 240 g/mol. The molecule has 1 nitrogen and oxygen atoms in total. The monoisotopic (exact) mass is 256 g/mol. The van der Waals surface area contributed by atoms with Crippen molar-refractivity contribution in [2.45, 2.75) is 29.9 Å². The molecule has 2 aromatic carbocycles. The van der Waals surface area contributed by atoms with E-state index in [9.17, 15) is 5.11 Å². The highest BCUT2D eigenvalue weighted by Crippen LogP contribution is 2.28. The third-order valence-corrected chi connectivity index (χ3v) is 4.45. The van der Waals surface area contributed by atoms with E-state index >= 15 is 0 Å². The van der Waals surface area contributed by atoms with Crippen LogP contribution >= 0.6 is 11.8 Å². The Hall–Kier alpha value is -1.41. The summed E-state index contributed by atoms with van der Waals surface area (Å²) in [4.78, 5) is 1.12. The summed E-state index contributed by atoms with van der Waals surface area (Å²) in [6, 6.07) is 14.3. The molecule has 92 valence electrons. The number of phenolic OH excluding ortho intramolecular Hbond substituents is 1. The van der Waals surface area contributed by atoms with E-state index in [2.05, 4.69) is 18.2 Å². The van der Waals surface area contributed by atoms with Crippen molar-refractivity contribution >= 4 is 11.8 Å². The van der Waals surface area contributed by atoms with Crippen LogP contribution in [-0.4, -0.2) is 5.11 Å². The summed E-state index contributed by atoms with van der Waals surface area (Å²) in [6.07, 6.45) is 3.79. The highest BCUT2D eigenvalue weighted by atomic mass is 32.2. The minimum Gasteiger partial charge on any atom is -0.508 e. The maximum atomic E-state index is 9.42. The highest BCUT2D eigenvalue weighted by Gasteiger charge is 2.10. The molecule has 0 aromatic heterocycles. The van der Waals surface area contributed by atoms with Crippen molar-refractivity contribution < 1.29 is 5.11 Å². The fourth-order valence-electron chi connectivity index (χ4n) is 2.45. The maximum absolute atomic E-state index is 9.42. The Morgan fingerprint density at radius 1 is 1.00 bits per heavy atom. The van der Waals surface area contributed by atoms with Crippen molar-refractivity contribution in [2.75, 3.05) is 0 Å². The molecule has 0 saturated heterocycles. The van der Waals surface area contributed by atoms with E-state index in [0.29, 0.717) is 5.75 Å². The van der Waals surface area contributed by atoms with Crippen molar-refractivity contribution in [3.8, 4) is 5.75 Å². The number of hydrogen-bond donors (Lipinski definition) is 1. The molecule has 2 heteroatoms. The second-order valence-corrected chi connectivity index (χ2v) is 5.79. The first kappa shape index (κ1) is 11.7. The highest BCUT2D eigenvalue weighted by molar-refractivity contribution is 7.98. The van der Waals surface area contributed by atoms with Crippen molar-refractivity contribution in [3.05, 3.63) is 59.2 Å². The van der Waals surface area contributed by atoms with Crippen LogP contribution < -0.4 is 0 Å². The first-order valence-corrected chi connectivity index (χ1v) is 7.32. The van der Waals surface area contributed by atoms with Gasteiger partial charge in [-0.25, -0.2) is 0 Å². The summed E-state index contributed by atoms with van der Waals surface area (Å²) in [5, 5.41) is 9.42. The van der Waals surface area contributed by atoms with E-state index in [1.165, 1.54) is 36.0 Å². The summed E-state index contributed by atoms with van der Waals surface area (Å²) in [7, 11) is 0. The average Bonchev–Trinajstić information content (AvgIpc) is 2.84. The number of benzene rings is 2. The molecule has 1 aliphatic carbocycles. The first-order chi connectivity index (χ1) is 8.81. The van der Waals surface area contributed by atoms with E-state index in [0.717, 1.165) is 10.6 Å². The van der Waals surface area contributed by atoms with Crippen LogP contribution in [0.3, 0.4) is 0 Å². The van der Waals surface area contributed by atoms with Crippen LogP contribution in [0.4, 0.5) is 0 Å². The van der Waals surface area contributed by atoms with Gasteiger partial charge in [-0.2, -0.15) is 0 Å². The van der Waals surface area contributed by atoms with Crippen molar-refractivity contribution in [2.24, 2.45) is 0 Å². The Morgan fingerprint density at radius 2 is 1.89 bits per heavy atom. The molecule has 18 heavy (non-hydrogen) atoms. The van der Waals surface area contributed by atoms with E-state index in [-0.39, 0.29) is 0 Å². The average molecular weight is 256 g/mol. The van der Waals surface area contributed by atoms with Gasteiger partial charge in [0.15, 0.2) is 0 Å². The van der Waals surface area contributed by atoms with Gasteiger partial charge in [0, 0.05) is 10.6 Å². The van der Waals surface area contributed by atoms with Crippen LogP contribution in [0.25, 0.3) is 0 Å². The lowest BCUT2D eigenvalue weighted by Gasteiger charge is -2.05. The zero-order valence-corrected chi connectivity index (χ0v) is 11.0. The minimum atomic E-state index is 0.342. The second-order valence-electron chi connectivity index (χ2n) is 4.74. The number of fused-ring (bicyclic) bond motifs is 1. The van der Waals surface area contributed by atoms with Gasteiger partial charge in [0.05, 0.1) is 0 Å². The molecule has 0 bridgehead atoms. The molecule has 2 aromatic rings. The smallest absolute Gasteiger partial charge is 0.116 e. The minimum absolute atomic E-state index is 0.342. The van der Waals surface area contributed by atoms with E-state index in [1.807, 2.05) is 18.2 Å². The molecule has 0 amide bonds. The lowest BCUT2D eigenvalue weighted by atomic mass is 10.1. The zero-order chi connectivity index (χ0) is 12.4. The molecule has 0 radical (unpaired) electrons. The molecule has 0 heterocycles. The predicted octanol–water partition coefficient (Wildman–Crippen LogP) is 4.17. The standard InChI is InChI=1S/C16H16OS/c17-15-5-2-6-16(10-15)18-11-12-7-8-13-3-1-4-14(13)9-12/h2,5-10,17H,1,3-4,11H2. The normalized spacial score (nSPS) is 13.6. The van der Waals surface area contributed by atoms with Gasteiger partial charge >= 0.3 is 0 Å². The van der Waals surface area contributed by atoms with E-state index < -0.39 is 0 Å². The maximum Gasteiger partial charge on any atom is 0.116 e. The molecule has 0 saturated carbocycles. The van der Waals surface area contributed by atoms with Gasteiger partial charge in [-0.1, -0.05) is 24.3 Å². The lowest BCUT2D eigenvalue weighted by Crippen LogP contribution is -1.86.